The van der Waals surface area contributed by atoms with Crippen LogP contribution in [0.25, 0.3) is 11.1 Å². The van der Waals surface area contributed by atoms with Crippen molar-refractivity contribution < 1.29 is 14.2 Å². The maximum atomic E-state index is 9.94. The lowest BCUT2D eigenvalue weighted by atomic mass is 9.70. The first-order valence-electron chi connectivity index (χ1n) is 9.76. The summed E-state index contributed by atoms with van der Waals surface area (Å²) in [6.07, 6.45) is 2.71. The summed E-state index contributed by atoms with van der Waals surface area (Å²) in [7, 11) is 4.78. The molecule has 154 valence electrons. The quantitative estimate of drug-likeness (QED) is 0.826. The number of nitrogens with two attached hydrogens (primary N) is 1. The van der Waals surface area contributed by atoms with Crippen molar-refractivity contribution in [3.63, 3.8) is 0 Å². The Morgan fingerprint density at radius 1 is 1.07 bits per heavy atom. The van der Waals surface area contributed by atoms with Gasteiger partial charge >= 0.3 is 0 Å². The molecule has 1 atom stereocenters. The van der Waals surface area contributed by atoms with Crippen LogP contribution in [0.1, 0.15) is 44.0 Å². The first kappa shape index (κ1) is 20.8. The summed E-state index contributed by atoms with van der Waals surface area (Å²) >= 11 is 0. The summed E-state index contributed by atoms with van der Waals surface area (Å²) in [5, 5.41) is 9.94. The Balaban J connectivity index is 2.36. The molecule has 0 saturated heterocycles. The van der Waals surface area contributed by atoms with Crippen molar-refractivity contribution >= 4 is 5.82 Å². The van der Waals surface area contributed by atoms with Crippen LogP contribution in [0.3, 0.4) is 0 Å². The van der Waals surface area contributed by atoms with Crippen LogP contribution >= 0.6 is 0 Å². The van der Waals surface area contributed by atoms with E-state index in [1.807, 2.05) is 0 Å². The molecule has 1 unspecified atom stereocenters. The van der Waals surface area contributed by atoms with Gasteiger partial charge in [-0.1, -0.05) is 20.8 Å². The Hall–Kier alpha value is -2.94. The van der Waals surface area contributed by atoms with E-state index in [2.05, 4.69) is 31.8 Å². The predicted octanol–water partition coefficient (Wildman–Crippen LogP) is 4.38. The molecule has 1 heterocycles. The Bertz CT molecular complexity index is 946. The number of pyridine rings is 1. The van der Waals surface area contributed by atoms with Gasteiger partial charge in [0.2, 0.25) is 0 Å². The molecule has 1 aliphatic rings. The Kier molecular flexibility index (Phi) is 5.61. The normalized spacial score (nSPS) is 16.0. The molecule has 0 radical (unpaired) electrons. The fourth-order valence-electron chi connectivity index (χ4n) is 4.16. The minimum atomic E-state index is 0.150. The van der Waals surface area contributed by atoms with Crippen molar-refractivity contribution in [2.75, 3.05) is 27.1 Å². The molecule has 2 aromatic rings. The lowest BCUT2D eigenvalue weighted by molar-refractivity contribution is 0.215. The van der Waals surface area contributed by atoms with Crippen LogP contribution in [-0.4, -0.2) is 26.3 Å². The first-order chi connectivity index (χ1) is 13.7. The Labute approximate surface area is 172 Å². The van der Waals surface area contributed by atoms with Crippen molar-refractivity contribution in [3.05, 3.63) is 29.0 Å². The van der Waals surface area contributed by atoms with E-state index in [1.54, 1.807) is 33.5 Å². The zero-order chi connectivity index (χ0) is 21.3. The monoisotopic (exact) mass is 395 g/mol. The average Bonchev–Trinajstić information content (AvgIpc) is 2.70. The van der Waals surface area contributed by atoms with Gasteiger partial charge in [0.25, 0.3) is 0 Å². The molecule has 1 aromatic carbocycles. The van der Waals surface area contributed by atoms with E-state index < -0.39 is 0 Å². The summed E-state index contributed by atoms with van der Waals surface area (Å²) < 4.78 is 16.7. The first-order valence-corrected chi connectivity index (χ1v) is 9.76. The van der Waals surface area contributed by atoms with Crippen LogP contribution in [0.15, 0.2) is 12.1 Å². The summed E-state index contributed by atoms with van der Waals surface area (Å²) in [6, 6.07) is 5.86. The summed E-state index contributed by atoms with van der Waals surface area (Å²) in [6.45, 7) is 6.77. The van der Waals surface area contributed by atoms with Gasteiger partial charge in [0.05, 0.1) is 26.9 Å². The van der Waals surface area contributed by atoms with E-state index in [9.17, 15) is 5.26 Å². The van der Waals surface area contributed by atoms with E-state index in [4.69, 9.17) is 19.9 Å². The van der Waals surface area contributed by atoms with E-state index in [0.717, 1.165) is 36.1 Å². The molecule has 0 bridgehead atoms. The average molecular weight is 396 g/mol. The molecule has 0 saturated carbocycles. The highest BCUT2D eigenvalue weighted by Gasteiger charge is 2.34. The summed E-state index contributed by atoms with van der Waals surface area (Å²) in [5.74, 6) is 2.48. The minimum absolute atomic E-state index is 0.150. The predicted molar refractivity (Wildman–Crippen MR) is 113 cm³/mol. The number of aryl methyl sites for hydroxylation is 1. The molecule has 0 aliphatic heterocycles. The lowest BCUT2D eigenvalue weighted by Crippen LogP contribution is -2.28. The second kappa shape index (κ2) is 7.82. The van der Waals surface area contributed by atoms with Crippen LogP contribution < -0.4 is 19.9 Å². The zero-order valence-electron chi connectivity index (χ0n) is 18.0. The van der Waals surface area contributed by atoms with Crippen molar-refractivity contribution in [1.29, 1.82) is 5.26 Å². The highest BCUT2D eigenvalue weighted by molar-refractivity contribution is 5.87. The zero-order valence-corrected chi connectivity index (χ0v) is 18.0. The number of ether oxygens (including phenoxy) is 3. The fraction of sp³-hybridized carbons (Fsp3) is 0.478. The Morgan fingerprint density at radius 2 is 1.69 bits per heavy atom. The summed E-state index contributed by atoms with van der Waals surface area (Å²) in [4.78, 5) is 4.58. The van der Waals surface area contributed by atoms with Crippen LogP contribution in [0.2, 0.25) is 0 Å². The van der Waals surface area contributed by atoms with Gasteiger partial charge in [0, 0.05) is 23.4 Å². The second-order valence-electron chi connectivity index (χ2n) is 8.50. The van der Waals surface area contributed by atoms with Crippen LogP contribution in [0.4, 0.5) is 5.82 Å². The third-order valence-electron chi connectivity index (χ3n) is 5.89. The third kappa shape index (κ3) is 3.69. The summed E-state index contributed by atoms with van der Waals surface area (Å²) in [5.41, 5.74) is 10.2. The smallest absolute Gasteiger partial charge is 0.142 e. The molecule has 0 fully saturated rings. The minimum Gasteiger partial charge on any atom is -0.496 e. The number of hydrogen-bond acceptors (Lipinski definition) is 6. The highest BCUT2D eigenvalue weighted by atomic mass is 16.5. The molecule has 29 heavy (non-hydrogen) atoms. The van der Waals surface area contributed by atoms with Crippen LogP contribution in [0.5, 0.6) is 17.2 Å². The van der Waals surface area contributed by atoms with Crippen molar-refractivity contribution in [2.45, 2.75) is 40.0 Å². The van der Waals surface area contributed by atoms with Gasteiger partial charge in [-0.15, -0.1) is 0 Å². The van der Waals surface area contributed by atoms with E-state index in [0.29, 0.717) is 34.3 Å². The number of aromatic nitrogens is 1. The van der Waals surface area contributed by atoms with E-state index in [1.165, 1.54) is 0 Å². The van der Waals surface area contributed by atoms with Gasteiger partial charge in [0.1, 0.15) is 34.7 Å². The standard InChI is InChI=1S/C23H29N3O3/c1-23(2,3)13-7-8-17-15(9-13)20(16(12-24)22(25)26-17)21-18(28-5)10-14(27-4)11-19(21)29-6/h10-11,13H,7-9H2,1-6H3,(H2,25,26). The second-order valence-corrected chi connectivity index (χ2v) is 8.50. The van der Waals surface area contributed by atoms with E-state index >= 15 is 0 Å². The number of nitrogen functional groups attached to an aromatic ring is 1. The molecule has 1 aliphatic carbocycles. The SMILES string of the molecule is COc1cc(OC)c(-c2c(C#N)c(N)nc3c2CC(C(C)(C)C)CC3)c(OC)c1. The molecule has 6 heteroatoms. The molecule has 1 aromatic heterocycles. The number of methoxy groups -OCH3 is 3. The number of fused-ring (bicyclic) bond motifs is 1. The van der Waals surface area contributed by atoms with Gasteiger partial charge in [-0.25, -0.2) is 4.98 Å². The number of anilines is 1. The van der Waals surface area contributed by atoms with Crippen molar-refractivity contribution in [3.8, 4) is 34.4 Å². The molecule has 3 rings (SSSR count). The van der Waals surface area contributed by atoms with E-state index in [-0.39, 0.29) is 11.2 Å². The van der Waals surface area contributed by atoms with Crippen LogP contribution in [0, 0.1) is 22.7 Å². The highest BCUT2D eigenvalue weighted by Crippen LogP contribution is 2.48. The van der Waals surface area contributed by atoms with Gasteiger partial charge in [-0.3, -0.25) is 0 Å². The molecule has 6 nitrogen and oxygen atoms in total. The molecular weight excluding hydrogens is 366 g/mol. The number of nitrogens with zero attached hydrogens (tertiary/aromatic N) is 2. The topological polar surface area (TPSA) is 90.4 Å². The van der Waals surface area contributed by atoms with Gasteiger partial charge in [-0.2, -0.15) is 5.26 Å². The number of benzene rings is 1. The van der Waals surface area contributed by atoms with Gasteiger partial charge < -0.3 is 19.9 Å². The van der Waals surface area contributed by atoms with Crippen molar-refractivity contribution in [2.24, 2.45) is 11.3 Å². The lowest BCUT2D eigenvalue weighted by Gasteiger charge is -2.36. The number of hydrogen-bond donors (Lipinski definition) is 1. The number of nitriles is 1. The maximum Gasteiger partial charge on any atom is 0.142 e. The molecule has 0 amide bonds. The maximum absolute atomic E-state index is 9.94. The largest absolute Gasteiger partial charge is 0.496 e. The fourth-order valence-corrected chi connectivity index (χ4v) is 4.16. The van der Waals surface area contributed by atoms with Crippen LogP contribution in [-0.2, 0) is 12.8 Å². The van der Waals surface area contributed by atoms with Crippen molar-refractivity contribution in [1.82, 2.24) is 4.98 Å². The van der Waals surface area contributed by atoms with Gasteiger partial charge in [0.15, 0.2) is 0 Å². The third-order valence-corrected chi connectivity index (χ3v) is 5.89. The molecule has 0 spiro atoms. The number of rotatable bonds is 4. The van der Waals surface area contributed by atoms with Gasteiger partial charge in [-0.05, 0) is 36.2 Å². The molecular formula is C23H29N3O3. The molecule has 2 N–H and O–H groups in total. The Morgan fingerprint density at radius 3 is 2.17 bits per heavy atom.